The van der Waals surface area contributed by atoms with E-state index in [-0.39, 0.29) is 12.5 Å². The van der Waals surface area contributed by atoms with Crippen molar-refractivity contribution in [3.8, 4) is 0 Å². The van der Waals surface area contributed by atoms with Gasteiger partial charge in [0.05, 0.1) is 17.2 Å². The Labute approximate surface area is 107 Å². The lowest BCUT2D eigenvalue weighted by Gasteiger charge is -2.22. The van der Waals surface area contributed by atoms with Crippen molar-refractivity contribution in [1.82, 2.24) is 5.32 Å². The average molecular weight is 304 g/mol. The standard InChI is InChI=1S/C11H14BrNO4/c1-3-11(2,10(15)16)6-13-9(14)7-4-5-17-8(7)12/h4-5H,3,6H2,1-2H3,(H,13,14)(H,15,16). The van der Waals surface area contributed by atoms with Gasteiger partial charge in [0.2, 0.25) is 0 Å². The number of furan rings is 1. The molecule has 0 bridgehead atoms. The van der Waals surface area contributed by atoms with Gasteiger partial charge in [-0.25, -0.2) is 0 Å². The van der Waals surface area contributed by atoms with Crippen molar-refractivity contribution >= 4 is 27.8 Å². The monoisotopic (exact) mass is 303 g/mol. The second-order valence-corrected chi connectivity index (χ2v) is 4.73. The summed E-state index contributed by atoms with van der Waals surface area (Å²) in [7, 11) is 0. The number of carboxylic acids is 1. The molecular formula is C11H14BrNO4. The Kier molecular flexibility index (Phi) is 4.34. The molecule has 1 aromatic rings. The highest BCUT2D eigenvalue weighted by Gasteiger charge is 2.31. The van der Waals surface area contributed by atoms with Crippen LogP contribution < -0.4 is 5.32 Å². The SMILES string of the molecule is CCC(C)(CNC(=O)c1ccoc1Br)C(=O)O. The summed E-state index contributed by atoms with van der Waals surface area (Å²) in [4.78, 5) is 22.8. The van der Waals surface area contributed by atoms with Gasteiger partial charge in [-0.1, -0.05) is 6.92 Å². The van der Waals surface area contributed by atoms with E-state index < -0.39 is 11.4 Å². The Bertz CT molecular complexity index is 429. The molecule has 5 nitrogen and oxygen atoms in total. The van der Waals surface area contributed by atoms with Gasteiger partial charge < -0.3 is 14.8 Å². The number of hydrogen-bond acceptors (Lipinski definition) is 3. The molecule has 17 heavy (non-hydrogen) atoms. The van der Waals surface area contributed by atoms with Gasteiger partial charge in [0.1, 0.15) is 0 Å². The molecule has 0 saturated carbocycles. The van der Waals surface area contributed by atoms with E-state index in [0.29, 0.717) is 16.7 Å². The summed E-state index contributed by atoms with van der Waals surface area (Å²) in [5, 5.41) is 11.6. The van der Waals surface area contributed by atoms with Crippen LogP contribution in [-0.4, -0.2) is 23.5 Å². The molecule has 0 aliphatic carbocycles. The fourth-order valence-corrected chi connectivity index (χ4v) is 1.60. The van der Waals surface area contributed by atoms with Crippen LogP contribution in [0.3, 0.4) is 0 Å². The van der Waals surface area contributed by atoms with E-state index in [2.05, 4.69) is 21.2 Å². The molecule has 0 fully saturated rings. The number of amides is 1. The van der Waals surface area contributed by atoms with Crippen LogP contribution in [0.5, 0.6) is 0 Å². The minimum Gasteiger partial charge on any atom is -0.481 e. The fraction of sp³-hybridized carbons (Fsp3) is 0.455. The van der Waals surface area contributed by atoms with Gasteiger partial charge in [0.25, 0.3) is 5.91 Å². The van der Waals surface area contributed by atoms with Gasteiger partial charge in [-0.3, -0.25) is 9.59 Å². The number of rotatable bonds is 5. The number of carboxylic acid groups (broad SMARTS) is 1. The molecule has 0 aliphatic heterocycles. The third-order valence-electron chi connectivity index (χ3n) is 2.80. The van der Waals surface area contributed by atoms with E-state index in [9.17, 15) is 9.59 Å². The first-order valence-electron chi connectivity index (χ1n) is 5.15. The summed E-state index contributed by atoms with van der Waals surface area (Å²) in [5.41, 5.74) is -0.597. The molecule has 1 unspecified atom stereocenters. The predicted octanol–water partition coefficient (Wildman–Crippen LogP) is 2.27. The third kappa shape index (κ3) is 3.09. The Morgan fingerprint density at radius 3 is 2.65 bits per heavy atom. The second kappa shape index (κ2) is 5.35. The van der Waals surface area contributed by atoms with Crippen molar-refractivity contribution in [2.75, 3.05) is 6.54 Å². The molecule has 0 aliphatic rings. The summed E-state index contributed by atoms with van der Waals surface area (Å²) in [6, 6.07) is 1.52. The predicted molar refractivity (Wildman–Crippen MR) is 64.8 cm³/mol. The maximum atomic E-state index is 11.7. The van der Waals surface area contributed by atoms with Crippen molar-refractivity contribution in [3.05, 3.63) is 22.6 Å². The minimum absolute atomic E-state index is 0.0787. The summed E-state index contributed by atoms with van der Waals surface area (Å²) >= 11 is 3.09. The highest BCUT2D eigenvalue weighted by molar-refractivity contribution is 9.10. The maximum absolute atomic E-state index is 11.7. The molecule has 1 atom stereocenters. The maximum Gasteiger partial charge on any atom is 0.311 e. The van der Waals surface area contributed by atoms with E-state index >= 15 is 0 Å². The number of aliphatic carboxylic acids is 1. The summed E-state index contributed by atoms with van der Waals surface area (Å²) < 4.78 is 5.27. The van der Waals surface area contributed by atoms with Gasteiger partial charge in [0.15, 0.2) is 4.67 Å². The van der Waals surface area contributed by atoms with Crippen LogP contribution in [0.4, 0.5) is 0 Å². The molecule has 0 aromatic carbocycles. The molecule has 6 heteroatoms. The van der Waals surface area contributed by atoms with Crippen molar-refractivity contribution in [1.29, 1.82) is 0 Å². The second-order valence-electron chi connectivity index (χ2n) is 4.01. The highest BCUT2D eigenvalue weighted by Crippen LogP contribution is 2.21. The Morgan fingerprint density at radius 1 is 1.59 bits per heavy atom. The lowest BCUT2D eigenvalue weighted by molar-refractivity contribution is -0.147. The minimum atomic E-state index is -0.953. The van der Waals surface area contributed by atoms with Gasteiger partial charge in [-0.15, -0.1) is 0 Å². The lowest BCUT2D eigenvalue weighted by atomic mass is 9.87. The van der Waals surface area contributed by atoms with Crippen molar-refractivity contribution in [2.24, 2.45) is 5.41 Å². The zero-order valence-corrected chi connectivity index (χ0v) is 11.2. The summed E-state index contributed by atoms with van der Waals surface area (Å²) in [6.07, 6.45) is 1.82. The number of carbonyl (C=O) groups is 2. The van der Waals surface area contributed by atoms with Gasteiger partial charge >= 0.3 is 5.97 Å². The highest BCUT2D eigenvalue weighted by atomic mass is 79.9. The average Bonchev–Trinajstić information content (AvgIpc) is 2.71. The molecular weight excluding hydrogens is 290 g/mol. The lowest BCUT2D eigenvalue weighted by Crippen LogP contribution is -2.40. The van der Waals surface area contributed by atoms with Crippen molar-refractivity contribution in [3.63, 3.8) is 0 Å². The zero-order valence-electron chi connectivity index (χ0n) is 9.62. The Hall–Kier alpha value is -1.30. The molecule has 0 spiro atoms. The molecule has 1 heterocycles. The third-order valence-corrected chi connectivity index (χ3v) is 3.41. The molecule has 1 amide bonds. The van der Waals surface area contributed by atoms with Crippen LogP contribution in [0.2, 0.25) is 0 Å². The number of nitrogens with one attached hydrogen (secondary N) is 1. The normalized spacial score (nSPS) is 14.1. The van der Waals surface area contributed by atoms with Crippen LogP contribution in [-0.2, 0) is 4.79 Å². The van der Waals surface area contributed by atoms with Crippen LogP contribution in [0.1, 0.15) is 30.6 Å². The van der Waals surface area contributed by atoms with Crippen LogP contribution in [0.25, 0.3) is 0 Å². The van der Waals surface area contributed by atoms with Crippen LogP contribution >= 0.6 is 15.9 Å². The van der Waals surface area contributed by atoms with Gasteiger partial charge in [-0.2, -0.15) is 0 Å². The molecule has 0 saturated heterocycles. The molecule has 1 rings (SSSR count). The van der Waals surface area contributed by atoms with Crippen molar-refractivity contribution < 1.29 is 19.1 Å². The number of carbonyl (C=O) groups excluding carboxylic acids is 1. The van der Waals surface area contributed by atoms with Gasteiger partial charge in [0, 0.05) is 6.54 Å². The van der Waals surface area contributed by atoms with Crippen LogP contribution in [0, 0.1) is 5.41 Å². The molecule has 2 N–H and O–H groups in total. The largest absolute Gasteiger partial charge is 0.481 e. The number of halogens is 1. The summed E-state index contributed by atoms with van der Waals surface area (Å²) in [6.45, 7) is 3.45. The molecule has 0 radical (unpaired) electrons. The topological polar surface area (TPSA) is 79.5 Å². The van der Waals surface area contributed by atoms with Crippen molar-refractivity contribution in [2.45, 2.75) is 20.3 Å². The van der Waals surface area contributed by atoms with E-state index in [4.69, 9.17) is 9.52 Å². The molecule has 94 valence electrons. The zero-order chi connectivity index (χ0) is 13.1. The fourth-order valence-electron chi connectivity index (χ4n) is 1.18. The van der Waals surface area contributed by atoms with E-state index in [1.807, 2.05) is 0 Å². The van der Waals surface area contributed by atoms with E-state index in [1.165, 1.54) is 12.3 Å². The van der Waals surface area contributed by atoms with E-state index in [0.717, 1.165) is 0 Å². The number of hydrogen-bond donors (Lipinski definition) is 2. The van der Waals surface area contributed by atoms with Gasteiger partial charge in [-0.05, 0) is 35.3 Å². The smallest absolute Gasteiger partial charge is 0.311 e. The Morgan fingerprint density at radius 2 is 2.24 bits per heavy atom. The Balaban J connectivity index is 2.66. The first-order valence-corrected chi connectivity index (χ1v) is 5.94. The first-order chi connectivity index (χ1) is 7.90. The summed E-state index contributed by atoms with van der Waals surface area (Å²) in [5.74, 6) is -1.28. The quantitative estimate of drug-likeness (QED) is 0.874. The molecule has 1 aromatic heterocycles. The first kappa shape index (κ1) is 13.8. The van der Waals surface area contributed by atoms with E-state index in [1.54, 1.807) is 13.8 Å². The van der Waals surface area contributed by atoms with Crippen LogP contribution in [0.15, 0.2) is 21.4 Å².